The van der Waals surface area contributed by atoms with Crippen LogP contribution in [0.1, 0.15) is 28.2 Å². The molecule has 2 aliphatic rings. The smallest absolute Gasteiger partial charge is 0.374 e. The van der Waals surface area contributed by atoms with Gasteiger partial charge in [-0.05, 0) is 18.2 Å². The molecule has 3 heterocycles. The number of amides is 1. The quantitative estimate of drug-likeness (QED) is 0.694. The molecule has 0 radical (unpaired) electrons. The van der Waals surface area contributed by atoms with E-state index in [2.05, 4.69) is 15.6 Å². The molecule has 31 heavy (non-hydrogen) atoms. The number of oxime groups is 1. The van der Waals surface area contributed by atoms with Crippen LogP contribution in [0.5, 0.6) is 0 Å². The molecule has 0 spiro atoms. The van der Waals surface area contributed by atoms with Gasteiger partial charge in [-0.3, -0.25) is 4.79 Å². The normalized spacial score (nSPS) is 23.1. The van der Waals surface area contributed by atoms with Gasteiger partial charge in [0.15, 0.2) is 9.84 Å². The number of nitrogens with zero attached hydrogens (tertiary/aromatic N) is 2. The summed E-state index contributed by atoms with van der Waals surface area (Å²) in [4.78, 5) is 17.0. The van der Waals surface area contributed by atoms with Gasteiger partial charge < -0.3 is 14.7 Å². The first kappa shape index (κ1) is 21.9. The fraction of sp³-hybridized carbons (Fsp3) is 0.353. The highest BCUT2D eigenvalue weighted by Gasteiger charge is 2.62. The minimum Gasteiger partial charge on any atom is -0.374 e. The first-order valence-corrected chi connectivity index (χ1v) is 11.2. The molecule has 1 aromatic heterocycles. The predicted molar refractivity (Wildman–Crippen MR) is 103 cm³/mol. The summed E-state index contributed by atoms with van der Waals surface area (Å²) in [5.41, 5.74) is -3.53. The fourth-order valence-electron chi connectivity index (χ4n) is 3.25. The Labute approximate surface area is 183 Å². The molecular formula is C17H12Cl2F3N3O5S. The van der Waals surface area contributed by atoms with Gasteiger partial charge in [-0.2, -0.15) is 13.2 Å². The zero-order chi connectivity index (χ0) is 22.6. The number of benzene rings is 1. The lowest BCUT2D eigenvalue weighted by molar-refractivity contribution is -0.275. The van der Waals surface area contributed by atoms with Crippen LogP contribution < -0.4 is 5.32 Å². The number of nitrogens with one attached hydrogen (secondary N) is 1. The standard InChI is InChI=1S/C17H12Cl2F3N3O5S/c18-9-1-8(2-10(19)3-9)16(17(20,21)22)5-13(25-30-16)12-4-14(29-24-12)15(26)23-11-6-31(27,28)7-11/h1-4,11H,5-7H2,(H,23,26). The van der Waals surface area contributed by atoms with Crippen molar-refractivity contribution in [1.29, 1.82) is 0 Å². The summed E-state index contributed by atoms with van der Waals surface area (Å²) in [7, 11) is -3.15. The molecule has 14 heteroatoms. The second kappa shape index (κ2) is 7.38. The van der Waals surface area contributed by atoms with E-state index < -0.39 is 40.0 Å². The Kier molecular flexibility index (Phi) is 5.22. The minimum atomic E-state index is -4.88. The molecule has 0 aliphatic carbocycles. The highest BCUT2D eigenvalue weighted by atomic mass is 35.5. The van der Waals surface area contributed by atoms with Gasteiger partial charge in [0, 0.05) is 21.7 Å². The van der Waals surface area contributed by atoms with Crippen molar-refractivity contribution in [3.05, 3.63) is 51.3 Å². The number of sulfone groups is 1. The van der Waals surface area contributed by atoms with Crippen LogP contribution in [0.25, 0.3) is 0 Å². The number of carbonyl (C=O) groups excluding carboxylic acids is 1. The Bertz CT molecular complexity index is 1170. The third-order valence-electron chi connectivity index (χ3n) is 4.79. The molecule has 2 aliphatic heterocycles. The topological polar surface area (TPSA) is 111 Å². The van der Waals surface area contributed by atoms with Crippen LogP contribution in [0.4, 0.5) is 13.2 Å². The van der Waals surface area contributed by atoms with Crippen LogP contribution in [0.2, 0.25) is 10.0 Å². The molecule has 0 bridgehead atoms. The molecule has 1 amide bonds. The average molecular weight is 498 g/mol. The van der Waals surface area contributed by atoms with Crippen molar-refractivity contribution in [3.8, 4) is 0 Å². The van der Waals surface area contributed by atoms with Gasteiger partial charge in [-0.1, -0.05) is 33.5 Å². The van der Waals surface area contributed by atoms with Gasteiger partial charge >= 0.3 is 6.18 Å². The monoisotopic (exact) mass is 497 g/mol. The second-order valence-corrected chi connectivity index (χ2v) is 10.1. The number of aromatic nitrogens is 1. The number of hydrogen-bond donors (Lipinski definition) is 1. The highest BCUT2D eigenvalue weighted by molar-refractivity contribution is 7.92. The number of rotatable bonds is 4. The number of halogens is 5. The molecule has 8 nitrogen and oxygen atoms in total. The Balaban J connectivity index is 1.55. The number of carbonyl (C=O) groups is 1. The molecule has 1 saturated heterocycles. The fourth-order valence-corrected chi connectivity index (χ4v) is 5.07. The van der Waals surface area contributed by atoms with Gasteiger partial charge in [-0.15, -0.1) is 0 Å². The first-order valence-electron chi connectivity index (χ1n) is 8.65. The van der Waals surface area contributed by atoms with Gasteiger partial charge in [0.1, 0.15) is 11.4 Å². The first-order chi connectivity index (χ1) is 14.4. The van der Waals surface area contributed by atoms with E-state index >= 15 is 0 Å². The predicted octanol–water partition coefficient (Wildman–Crippen LogP) is 3.09. The largest absolute Gasteiger partial charge is 0.435 e. The third-order valence-corrected chi connectivity index (χ3v) is 7.05. The van der Waals surface area contributed by atoms with Gasteiger partial charge in [-0.25, -0.2) is 8.42 Å². The lowest BCUT2D eigenvalue weighted by atomic mass is 9.87. The van der Waals surface area contributed by atoms with Crippen molar-refractivity contribution in [2.45, 2.75) is 24.2 Å². The molecule has 166 valence electrons. The minimum absolute atomic E-state index is 0.0124. The van der Waals surface area contributed by atoms with E-state index in [-0.39, 0.29) is 44.3 Å². The molecule has 0 saturated carbocycles. The van der Waals surface area contributed by atoms with E-state index in [1.807, 2.05) is 0 Å². The van der Waals surface area contributed by atoms with E-state index in [0.717, 1.165) is 18.2 Å². The maximum Gasteiger partial charge on any atom is 0.435 e. The summed E-state index contributed by atoms with van der Waals surface area (Å²) in [6.45, 7) is 0. The van der Waals surface area contributed by atoms with E-state index in [1.54, 1.807) is 0 Å². The van der Waals surface area contributed by atoms with E-state index in [1.165, 1.54) is 6.07 Å². The summed E-state index contributed by atoms with van der Waals surface area (Å²) in [5.74, 6) is -1.45. The van der Waals surface area contributed by atoms with E-state index in [4.69, 9.17) is 32.6 Å². The van der Waals surface area contributed by atoms with E-state index in [9.17, 15) is 26.4 Å². The van der Waals surface area contributed by atoms with Crippen molar-refractivity contribution in [1.82, 2.24) is 10.5 Å². The lowest BCUT2D eigenvalue weighted by Gasteiger charge is -2.29. The third kappa shape index (κ3) is 4.11. The zero-order valence-corrected chi connectivity index (χ0v) is 17.6. The summed E-state index contributed by atoms with van der Waals surface area (Å²) < 4.78 is 69.2. The van der Waals surface area contributed by atoms with Crippen LogP contribution in [0, 0.1) is 0 Å². The van der Waals surface area contributed by atoms with Crippen molar-refractivity contribution >= 4 is 44.7 Å². The summed E-state index contributed by atoms with van der Waals surface area (Å²) in [6.07, 6.45) is -5.65. The van der Waals surface area contributed by atoms with Crippen molar-refractivity contribution in [2.75, 3.05) is 11.5 Å². The van der Waals surface area contributed by atoms with Gasteiger partial charge in [0.05, 0.1) is 24.0 Å². The summed E-state index contributed by atoms with van der Waals surface area (Å²) in [5, 5.41) is 9.52. The van der Waals surface area contributed by atoms with E-state index in [0.29, 0.717) is 0 Å². The maximum absolute atomic E-state index is 14.0. The molecule has 1 unspecified atom stereocenters. The van der Waals surface area contributed by atoms with Crippen LogP contribution in [0.15, 0.2) is 33.9 Å². The highest BCUT2D eigenvalue weighted by Crippen LogP contribution is 2.49. The molecule has 1 fully saturated rings. The molecule has 1 aromatic carbocycles. The molecule has 1 N–H and O–H groups in total. The van der Waals surface area contributed by atoms with Gasteiger partial charge in [0.2, 0.25) is 5.76 Å². The van der Waals surface area contributed by atoms with Crippen molar-refractivity contribution in [3.63, 3.8) is 0 Å². The van der Waals surface area contributed by atoms with Crippen LogP contribution in [0.3, 0.4) is 0 Å². The van der Waals surface area contributed by atoms with Crippen LogP contribution in [-0.4, -0.2) is 48.9 Å². The Hall–Kier alpha value is -2.31. The Morgan fingerprint density at radius 2 is 1.81 bits per heavy atom. The number of hydrogen-bond acceptors (Lipinski definition) is 7. The number of alkyl halides is 3. The SMILES string of the molecule is O=C(NC1CS(=O)(=O)C1)c1cc(C2=NOC(c3cc(Cl)cc(Cl)c3)(C(F)(F)F)C2)no1. The molecular weight excluding hydrogens is 486 g/mol. The molecule has 4 rings (SSSR count). The Morgan fingerprint density at radius 3 is 2.39 bits per heavy atom. The summed E-state index contributed by atoms with van der Waals surface area (Å²) >= 11 is 11.7. The second-order valence-electron chi connectivity index (χ2n) is 7.11. The molecule has 1 atom stereocenters. The maximum atomic E-state index is 14.0. The van der Waals surface area contributed by atoms with Crippen LogP contribution in [-0.2, 0) is 20.3 Å². The van der Waals surface area contributed by atoms with Crippen LogP contribution >= 0.6 is 23.2 Å². The average Bonchev–Trinajstić information content (AvgIpc) is 3.27. The molecule has 2 aromatic rings. The Morgan fingerprint density at radius 1 is 1.16 bits per heavy atom. The van der Waals surface area contributed by atoms with Crippen molar-refractivity contribution in [2.24, 2.45) is 5.16 Å². The lowest BCUT2D eigenvalue weighted by Crippen LogP contribution is -2.52. The van der Waals surface area contributed by atoms with Gasteiger partial charge in [0.25, 0.3) is 11.5 Å². The zero-order valence-electron chi connectivity index (χ0n) is 15.2. The van der Waals surface area contributed by atoms with Crippen molar-refractivity contribution < 1.29 is 35.7 Å². The summed E-state index contributed by atoms with van der Waals surface area (Å²) in [6, 6.07) is 3.97.